The molecule has 0 heterocycles. The van der Waals surface area contributed by atoms with Gasteiger partial charge in [-0.15, -0.1) is 0 Å². The fourth-order valence-corrected chi connectivity index (χ4v) is 7.32. The fraction of sp³-hybridized carbons (Fsp3) is 1.00. The molecule has 3 heteroatoms. The van der Waals surface area contributed by atoms with Gasteiger partial charge in [0.2, 0.25) is 0 Å². The zero-order valence-electron chi connectivity index (χ0n) is 17.3. The van der Waals surface area contributed by atoms with E-state index in [0.29, 0.717) is 47.3 Å². The first-order valence-corrected chi connectivity index (χ1v) is 11.3. The molecule has 3 rings (SSSR count). The quantitative estimate of drug-likeness (QED) is 0.700. The van der Waals surface area contributed by atoms with Gasteiger partial charge in [-0.3, -0.25) is 0 Å². The van der Waals surface area contributed by atoms with E-state index in [1.165, 1.54) is 12.8 Å². The van der Waals surface area contributed by atoms with Crippen molar-refractivity contribution in [1.82, 2.24) is 0 Å². The molecule has 0 aromatic rings. The molecule has 3 aliphatic carbocycles. The van der Waals surface area contributed by atoms with Crippen LogP contribution in [0.3, 0.4) is 0 Å². The van der Waals surface area contributed by atoms with E-state index in [9.17, 15) is 15.3 Å². The van der Waals surface area contributed by atoms with Gasteiger partial charge in [0.25, 0.3) is 0 Å². The standard InChI is InChI=1S/C23H42O3/c1-13-9-15(3)21(19(25)11-13)23(17-5-7-18(24)8-6-17)22-16(4)10-14(2)12-20(22)26/h13-26H,5-12H2,1-4H3. The summed E-state index contributed by atoms with van der Waals surface area (Å²) in [7, 11) is 0. The van der Waals surface area contributed by atoms with Crippen LogP contribution in [0.15, 0.2) is 0 Å². The lowest BCUT2D eigenvalue weighted by molar-refractivity contribution is -0.109. The maximum atomic E-state index is 11.1. The maximum absolute atomic E-state index is 11.1. The van der Waals surface area contributed by atoms with E-state index in [1.54, 1.807) is 0 Å². The van der Waals surface area contributed by atoms with E-state index in [1.807, 2.05) is 0 Å². The average molecular weight is 367 g/mol. The lowest BCUT2D eigenvalue weighted by atomic mass is 9.54. The topological polar surface area (TPSA) is 60.7 Å². The summed E-state index contributed by atoms with van der Waals surface area (Å²) in [5.74, 6) is 3.79. The van der Waals surface area contributed by atoms with Crippen molar-refractivity contribution in [2.45, 2.75) is 97.4 Å². The van der Waals surface area contributed by atoms with E-state index in [0.717, 1.165) is 38.5 Å². The summed E-state index contributed by atoms with van der Waals surface area (Å²) in [6.07, 6.45) is 7.50. The van der Waals surface area contributed by atoms with E-state index in [2.05, 4.69) is 27.7 Å². The second-order valence-electron chi connectivity index (χ2n) is 10.5. The van der Waals surface area contributed by atoms with E-state index in [4.69, 9.17) is 0 Å². The molecule has 0 aromatic heterocycles. The molecule has 0 bridgehead atoms. The normalized spacial score (nSPS) is 51.8. The Bertz CT molecular complexity index is 391. The molecule has 26 heavy (non-hydrogen) atoms. The number of aliphatic hydroxyl groups excluding tert-OH is 3. The predicted molar refractivity (Wildman–Crippen MR) is 106 cm³/mol. The zero-order valence-corrected chi connectivity index (χ0v) is 17.3. The molecule has 8 unspecified atom stereocenters. The van der Waals surface area contributed by atoms with Crippen LogP contribution in [0.5, 0.6) is 0 Å². The predicted octanol–water partition coefficient (Wildman–Crippen LogP) is 4.24. The minimum absolute atomic E-state index is 0.144. The van der Waals surface area contributed by atoms with Crippen LogP contribution in [0.2, 0.25) is 0 Å². The zero-order chi connectivity index (χ0) is 19.0. The molecule has 0 amide bonds. The maximum Gasteiger partial charge on any atom is 0.0576 e. The van der Waals surface area contributed by atoms with Crippen molar-refractivity contribution >= 4 is 0 Å². The molecule has 152 valence electrons. The molecule has 0 aliphatic heterocycles. The first kappa shape index (κ1) is 20.6. The first-order chi connectivity index (χ1) is 12.3. The first-order valence-electron chi connectivity index (χ1n) is 11.3. The second kappa shape index (κ2) is 8.49. The van der Waals surface area contributed by atoms with Gasteiger partial charge in [-0.2, -0.15) is 0 Å². The van der Waals surface area contributed by atoms with Gasteiger partial charge >= 0.3 is 0 Å². The minimum atomic E-state index is -0.232. The smallest absolute Gasteiger partial charge is 0.0576 e. The van der Waals surface area contributed by atoms with Gasteiger partial charge in [-0.05, 0) is 98.7 Å². The molecule has 3 fully saturated rings. The van der Waals surface area contributed by atoms with Crippen LogP contribution in [0, 0.1) is 47.3 Å². The molecule has 0 aromatic carbocycles. The summed E-state index contributed by atoms with van der Waals surface area (Å²) >= 11 is 0. The van der Waals surface area contributed by atoms with Crippen molar-refractivity contribution in [2.75, 3.05) is 0 Å². The van der Waals surface area contributed by atoms with Crippen LogP contribution in [0.1, 0.15) is 79.1 Å². The highest BCUT2D eigenvalue weighted by molar-refractivity contribution is 4.98. The van der Waals surface area contributed by atoms with Crippen molar-refractivity contribution in [1.29, 1.82) is 0 Å². The molecule has 0 saturated heterocycles. The van der Waals surface area contributed by atoms with Gasteiger partial charge in [-0.1, -0.05) is 27.7 Å². The van der Waals surface area contributed by atoms with Crippen molar-refractivity contribution in [3.8, 4) is 0 Å². The Hall–Kier alpha value is -0.120. The number of aliphatic hydroxyl groups is 3. The van der Waals surface area contributed by atoms with Gasteiger partial charge in [-0.25, -0.2) is 0 Å². The van der Waals surface area contributed by atoms with Crippen LogP contribution >= 0.6 is 0 Å². The van der Waals surface area contributed by atoms with Crippen molar-refractivity contribution in [3.63, 3.8) is 0 Å². The molecule has 8 atom stereocenters. The summed E-state index contributed by atoms with van der Waals surface area (Å²) in [6, 6.07) is 0. The highest BCUT2D eigenvalue weighted by Crippen LogP contribution is 2.52. The third-order valence-electron chi connectivity index (χ3n) is 8.21. The second-order valence-corrected chi connectivity index (χ2v) is 10.5. The molecule has 3 nitrogen and oxygen atoms in total. The van der Waals surface area contributed by atoms with Gasteiger partial charge in [0.15, 0.2) is 0 Å². The minimum Gasteiger partial charge on any atom is -0.393 e. The summed E-state index contributed by atoms with van der Waals surface area (Å²) in [4.78, 5) is 0. The van der Waals surface area contributed by atoms with Gasteiger partial charge < -0.3 is 15.3 Å². The van der Waals surface area contributed by atoms with Gasteiger partial charge in [0.05, 0.1) is 18.3 Å². The molecule has 0 spiro atoms. The summed E-state index contributed by atoms with van der Waals surface area (Å²) in [5.41, 5.74) is 0. The Morgan fingerprint density at radius 1 is 0.615 bits per heavy atom. The SMILES string of the molecule is CC1CC(C)C(C(C2CCC(O)CC2)C2C(C)CC(C)CC2O)C(O)C1. The van der Waals surface area contributed by atoms with Crippen molar-refractivity contribution in [3.05, 3.63) is 0 Å². The Labute approximate surface area is 160 Å². The highest BCUT2D eigenvalue weighted by atomic mass is 16.3. The highest BCUT2D eigenvalue weighted by Gasteiger charge is 2.49. The molecule has 3 aliphatic rings. The van der Waals surface area contributed by atoms with Crippen LogP contribution in [-0.4, -0.2) is 33.6 Å². The third-order valence-corrected chi connectivity index (χ3v) is 8.21. The number of hydrogen-bond donors (Lipinski definition) is 3. The summed E-state index contributed by atoms with van der Waals surface area (Å²) in [5, 5.41) is 32.2. The van der Waals surface area contributed by atoms with Crippen LogP contribution < -0.4 is 0 Å². The number of hydrogen-bond acceptors (Lipinski definition) is 3. The molecular weight excluding hydrogens is 324 g/mol. The average Bonchev–Trinajstić information content (AvgIpc) is 2.52. The fourth-order valence-electron chi connectivity index (χ4n) is 7.32. The Balaban J connectivity index is 1.88. The van der Waals surface area contributed by atoms with E-state index < -0.39 is 0 Å². The lowest BCUT2D eigenvalue weighted by Crippen LogP contribution is -2.51. The van der Waals surface area contributed by atoms with E-state index >= 15 is 0 Å². The summed E-state index contributed by atoms with van der Waals surface area (Å²) in [6.45, 7) is 9.19. The van der Waals surface area contributed by atoms with Gasteiger partial charge in [0, 0.05) is 0 Å². The third kappa shape index (κ3) is 4.31. The molecular formula is C23H42O3. The molecule has 0 radical (unpaired) electrons. The van der Waals surface area contributed by atoms with Crippen LogP contribution in [0.25, 0.3) is 0 Å². The molecule has 3 N–H and O–H groups in total. The Kier molecular flexibility index (Phi) is 6.73. The van der Waals surface area contributed by atoms with Crippen LogP contribution in [-0.2, 0) is 0 Å². The summed E-state index contributed by atoms with van der Waals surface area (Å²) < 4.78 is 0. The monoisotopic (exact) mass is 366 g/mol. The Morgan fingerprint density at radius 2 is 1.04 bits per heavy atom. The number of rotatable bonds is 3. The van der Waals surface area contributed by atoms with Crippen LogP contribution in [0.4, 0.5) is 0 Å². The van der Waals surface area contributed by atoms with Gasteiger partial charge in [0.1, 0.15) is 0 Å². The van der Waals surface area contributed by atoms with Crippen molar-refractivity contribution in [2.24, 2.45) is 47.3 Å². The molecule has 3 saturated carbocycles. The van der Waals surface area contributed by atoms with Crippen molar-refractivity contribution < 1.29 is 15.3 Å². The lowest BCUT2D eigenvalue weighted by Gasteiger charge is -2.52. The van der Waals surface area contributed by atoms with E-state index in [-0.39, 0.29) is 18.3 Å². The Morgan fingerprint density at radius 3 is 1.42 bits per heavy atom. The largest absolute Gasteiger partial charge is 0.393 e.